The molecule has 24 heavy (non-hydrogen) atoms. The maximum atomic E-state index is 12.4. The van der Waals surface area contributed by atoms with E-state index in [4.69, 9.17) is 5.73 Å². The van der Waals surface area contributed by atoms with Gasteiger partial charge in [0, 0.05) is 12.2 Å². The number of amides is 4. The molecule has 1 aromatic carbocycles. The lowest BCUT2D eigenvalue weighted by Gasteiger charge is -2.23. The zero-order chi connectivity index (χ0) is 17.7. The highest BCUT2D eigenvalue weighted by Gasteiger charge is 2.49. The van der Waals surface area contributed by atoms with Crippen molar-refractivity contribution in [3.63, 3.8) is 0 Å². The highest BCUT2D eigenvalue weighted by Crippen LogP contribution is 2.24. The average molecular weight is 332 g/mol. The third-order valence-corrected chi connectivity index (χ3v) is 4.47. The van der Waals surface area contributed by atoms with Crippen molar-refractivity contribution in [2.75, 3.05) is 18.8 Å². The minimum absolute atomic E-state index is 0.256. The Morgan fingerprint density at radius 2 is 1.83 bits per heavy atom. The molecule has 4 N–H and O–H groups in total. The molecule has 0 aromatic heterocycles. The molecular formula is C17H24N4O3. The van der Waals surface area contributed by atoms with Gasteiger partial charge in [-0.05, 0) is 37.0 Å². The molecule has 0 spiro atoms. The third-order valence-electron chi connectivity index (χ3n) is 4.47. The lowest BCUT2D eigenvalue weighted by Crippen LogP contribution is -2.46. The number of nitrogens with one attached hydrogen (secondary N) is 2. The predicted octanol–water partition coefficient (Wildman–Crippen LogP) is 1.04. The fourth-order valence-corrected chi connectivity index (χ4v) is 2.78. The number of nitrogens with zero attached hydrogens (tertiary/aromatic N) is 1. The van der Waals surface area contributed by atoms with Crippen molar-refractivity contribution < 1.29 is 14.4 Å². The summed E-state index contributed by atoms with van der Waals surface area (Å²) in [4.78, 5) is 37.4. The fourth-order valence-electron chi connectivity index (χ4n) is 2.78. The van der Waals surface area contributed by atoms with Crippen LogP contribution >= 0.6 is 0 Å². The second-order valence-corrected chi connectivity index (χ2v) is 5.95. The largest absolute Gasteiger partial charge is 0.399 e. The van der Waals surface area contributed by atoms with Crippen LogP contribution in [-0.2, 0) is 16.0 Å². The van der Waals surface area contributed by atoms with Crippen LogP contribution in [-0.4, -0.2) is 41.4 Å². The third kappa shape index (κ3) is 3.67. The van der Waals surface area contributed by atoms with Crippen molar-refractivity contribution >= 4 is 23.5 Å². The summed E-state index contributed by atoms with van der Waals surface area (Å²) in [7, 11) is 0. The predicted molar refractivity (Wildman–Crippen MR) is 91.1 cm³/mol. The minimum atomic E-state index is -0.874. The number of carbonyl (C=O) groups excluding carboxylic acids is 3. The molecular weight excluding hydrogens is 308 g/mol. The number of carbonyl (C=O) groups is 3. The first-order valence-corrected chi connectivity index (χ1v) is 8.17. The normalized spacial score (nSPS) is 16.2. The molecule has 1 aliphatic rings. The number of urea groups is 1. The van der Waals surface area contributed by atoms with Crippen molar-refractivity contribution in [1.29, 1.82) is 0 Å². The van der Waals surface area contributed by atoms with E-state index < -0.39 is 11.6 Å². The molecule has 1 saturated heterocycles. The molecule has 1 fully saturated rings. The van der Waals surface area contributed by atoms with Gasteiger partial charge in [-0.25, -0.2) is 4.79 Å². The molecule has 0 unspecified atom stereocenters. The topological polar surface area (TPSA) is 105 Å². The molecule has 7 nitrogen and oxygen atoms in total. The second-order valence-electron chi connectivity index (χ2n) is 5.95. The number of anilines is 1. The molecule has 0 aliphatic carbocycles. The average Bonchev–Trinajstić information content (AvgIpc) is 2.81. The minimum Gasteiger partial charge on any atom is -0.399 e. The maximum Gasteiger partial charge on any atom is 0.325 e. The van der Waals surface area contributed by atoms with E-state index in [2.05, 4.69) is 10.6 Å². The van der Waals surface area contributed by atoms with E-state index in [9.17, 15) is 14.4 Å². The van der Waals surface area contributed by atoms with E-state index in [0.29, 0.717) is 31.5 Å². The first-order valence-electron chi connectivity index (χ1n) is 8.17. The van der Waals surface area contributed by atoms with Crippen molar-refractivity contribution in [3.05, 3.63) is 29.8 Å². The lowest BCUT2D eigenvalue weighted by atomic mass is 9.93. The summed E-state index contributed by atoms with van der Waals surface area (Å²) in [5.74, 6) is -0.678. The van der Waals surface area contributed by atoms with Crippen LogP contribution < -0.4 is 16.4 Å². The SMILES string of the molecule is CCC1(CC)NC(=O)N(CC(=O)NCCc2ccc(N)cc2)C1=O. The highest BCUT2D eigenvalue weighted by atomic mass is 16.2. The van der Waals surface area contributed by atoms with Gasteiger partial charge in [-0.2, -0.15) is 0 Å². The number of rotatable bonds is 7. The summed E-state index contributed by atoms with van der Waals surface area (Å²) in [6.45, 7) is 3.86. The van der Waals surface area contributed by atoms with Crippen LogP contribution in [0.15, 0.2) is 24.3 Å². The highest BCUT2D eigenvalue weighted by molar-refractivity contribution is 6.08. The first kappa shape index (κ1) is 17.8. The Kier molecular flexibility index (Phi) is 5.43. The van der Waals surface area contributed by atoms with Gasteiger partial charge >= 0.3 is 6.03 Å². The molecule has 1 aliphatic heterocycles. The van der Waals surface area contributed by atoms with Crippen LogP contribution in [0.3, 0.4) is 0 Å². The van der Waals surface area contributed by atoms with Crippen LogP contribution in [0.2, 0.25) is 0 Å². The van der Waals surface area contributed by atoms with Crippen LogP contribution in [0.25, 0.3) is 0 Å². The molecule has 7 heteroatoms. The van der Waals surface area contributed by atoms with Gasteiger partial charge in [0.15, 0.2) is 0 Å². The Morgan fingerprint density at radius 1 is 1.21 bits per heavy atom. The van der Waals surface area contributed by atoms with Gasteiger partial charge in [-0.15, -0.1) is 0 Å². The summed E-state index contributed by atoms with van der Waals surface area (Å²) in [5, 5.41) is 5.44. The first-order chi connectivity index (χ1) is 11.4. The van der Waals surface area contributed by atoms with Crippen molar-refractivity contribution in [2.24, 2.45) is 0 Å². The molecule has 2 rings (SSSR count). The van der Waals surface area contributed by atoms with E-state index >= 15 is 0 Å². The molecule has 0 radical (unpaired) electrons. The molecule has 130 valence electrons. The zero-order valence-electron chi connectivity index (χ0n) is 14.1. The summed E-state index contributed by atoms with van der Waals surface area (Å²) >= 11 is 0. The molecule has 4 amide bonds. The Hall–Kier alpha value is -2.57. The molecule has 1 heterocycles. The van der Waals surface area contributed by atoms with Gasteiger partial charge in [-0.1, -0.05) is 26.0 Å². The van der Waals surface area contributed by atoms with Crippen LogP contribution in [0.4, 0.5) is 10.5 Å². The van der Waals surface area contributed by atoms with Gasteiger partial charge in [-0.3, -0.25) is 14.5 Å². The van der Waals surface area contributed by atoms with Crippen LogP contribution in [0.1, 0.15) is 32.3 Å². The molecule has 0 atom stereocenters. The maximum absolute atomic E-state index is 12.4. The van der Waals surface area contributed by atoms with Crippen molar-refractivity contribution in [1.82, 2.24) is 15.5 Å². The van der Waals surface area contributed by atoms with Gasteiger partial charge in [0.1, 0.15) is 12.1 Å². The van der Waals surface area contributed by atoms with E-state index in [1.54, 1.807) is 12.1 Å². The smallest absolute Gasteiger partial charge is 0.325 e. The van der Waals surface area contributed by atoms with Gasteiger partial charge in [0.2, 0.25) is 5.91 Å². The standard InChI is InChI=1S/C17H24N4O3/c1-3-17(4-2)15(23)21(16(24)20-17)11-14(22)19-10-9-12-5-7-13(18)8-6-12/h5-8H,3-4,9-11,18H2,1-2H3,(H,19,22)(H,20,24). The Labute approximate surface area is 141 Å². The summed E-state index contributed by atoms with van der Waals surface area (Å²) in [6.07, 6.45) is 1.66. The molecule has 0 bridgehead atoms. The molecule has 0 saturated carbocycles. The molecule has 1 aromatic rings. The van der Waals surface area contributed by atoms with Crippen LogP contribution in [0.5, 0.6) is 0 Å². The zero-order valence-corrected chi connectivity index (χ0v) is 14.1. The summed E-state index contributed by atoms with van der Waals surface area (Å²) in [5.41, 5.74) is 6.49. The van der Waals surface area contributed by atoms with Gasteiger partial charge in [0.25, 0.3) is 5.91 Å². The van der Waals surface area contributed by atoms with Crippen LogP contribution in [0, 0.1) is 0 Å². The number of nitrogens with two attached hydrogens (primary N) is 1. The Bertz CT molecular complexity index is 623. The summed E-state index contributed by atoms with van der Waals surface area (Å²) in [6, 6.07) is 6.90. The fraction of sp³-hybridized carbons (Fsp3) is 0.471. The van der Waals surface area contributed by atoms with E-state index in [1.807, 2.05) is 26.0 Å². The number of nitrogen functional groups attached to an aromatic ring is 1. The Balaban J connectivity index is 1.85. The number of hydrogen-bond acceptors (Lipinski definition) is 4. The van der Waals surface area contributed by atoms with Gasteiger partial charge < -0.3 is 16.4 Å². The number of benzene rings is 1. The van der Waals surface area contributed by atoms with Crippen molar-refractivity contribution in [3.8, 4) is 0 Å². The summed E-state index contributed by atoms with van der Waals surface area (Å²) < 4.78 is 0. The van der Waals surface area contributed by atoms with E-state index in [1.165, 1.54) is 0 Å². The quantitative estimate of drug-likeness (QED) is 0.512. The monoisotopic (exact) mass is 332 g/mol. The van der Waals surface area contributed by atoms with Crippen molar-refractivity contribution in [2.45, 2.75) is 38.6 Å². The number of hydrogen-bond donors (Lipinski definition) is 3. The van der Waals surface area contributed by atoms with E-state index in [0.717, 1.165) is 10.5 Å². The lowest BCUT2D eigenvalue weighted by molar-refractivity contribution is -0.135. The number of imide groups is 1. The Morgan fingerprint density at radius 3 is 2.38 bits per heavy atom. The van der Waals surface area contributed by atoms with E-state index in [-0.39, 0.29) is 18.4 Å². The second kappa shape index (κ2) is 7.33. The van der Waals surface area contributed by atoms with Gasteiger partial charge in [0.05, 0.1) is 0 Å².